The fourth-order valence-electron chi connectivity index (χ4n) is 2.20. The van der Waals surface area contributed by atoms with Gasteiger partial charge in [0.1, 0.15) is 6.10 Å². The minimum Gasteiger partial charge on any atom is -0.370 e. The molecule has 1 saturated heterocycles. The zero-order chi connectivity index (χ0) is 10.8. The summed E-state index contributed by atoms with van der Waals surface area (Å²) in [7, 11) is 0. The van der Waals surface area contributed by atoms with Crippen LogP contribution in [-0.2, 0) is 11.3 Å². The molecule has 2 aliphatic rings. The van der Waals surface area contributed by atoms with Crippen LogP contribution in [0.2, 0.25) is 0 Å². The lowest BCUT2D eigenvalue weighted by Gasteiger charge is -2.11. The average Bonchev–Trinajstić information content (AvgIpc) is 2.56. The average molecular weight is 239 g/mol. The highest BCUT2D eigenvalue weighted by Crippen LogP contribution is 2.28. The molecule has 0 radical (unpaired) electrons. The van der Waals surface area contributed by atoms with Crippen LogP contribution >= 0.6 is 11.8 Å². The van der Waals surface area contributed by atoms with Crippen molar-refractivity contribution in [2.75, 3.05) is 25.4 Å². The number of ether oxygens (including phenoxy) is 1. The van der Waals surface area contributed by atoms with Gasteiger partial charge in [-0.3, -0.25) is 0 Å². The molecule has 1 aromatic heterocycles. The van der Waals surface area contributed by atoms with Crippen LogP contribution in [0, 0.1) is 0 Å². The van der Waals surface area contributed by atoms with Gasteiger partial charge in [0.05, 0.1) is 12.3 Å². The second-order valence-electron chi connectivity index (χ2n) is 4.24. The number of nitrogens with zero attached hydrogens (tertiary/aromatic N) is 2. The van der Waals surface area contributed by atoms with Crippen molar-refractivity contribution >= 4 is 11.8 Å². The first-order valence-corrected chi connectivity index (χ1v) is 6.94. The van der Waals surface area contributed by atoms with E-state index < -0.39 is 0 Å². The quantitative estimate of drug-likeness (QED) is 0.804. The monoisotopic (exact) mass is 239 g/mol. The molecule has 1 N–H and O–H groups in total. The Kier molecular flexibility index (Phi) is 3.17. The van der Waals surface area contributed by atoms with Crippen molar-refractivity contribution in [3.8, 4) is 0 Å². The molecule has 0 bridgehead atoms. The third-order valence-corrected chi connectivity index (χ3v) is 4.12. The minimum absolute atomic E-state index is 0.189. The van der Waals surface area contributed by atoms with E-state index in [4.69, 9.17) is 4.74 Å². The van der Waals surface area contributed by atoms with Gasteiger partial charge in [0, 0.05) is 25.0 Å². The lowest BCUT2D eigenvalue weighted by atomic mass is 10.2. The largest absolute Gasteiger partial charge is 0.370 e. The van der Waals surface area contributed by atoms with E-state index in [0.29, 0.717) is 0 Å². The molecule has 3 rings (SSSR count). The fraction of sp³-hybridized carbons (Fsp3) is 0.727. The van der Waals surface area contributed by atoms with E-state index >= 15 is 0 Å². The van der Waals surface area contributed by atoms with Crippen LogP contribution in [-0.4, -0.2) is 35.0 Å². The number of hydrogen-bond donors (Lipinski definition) is 1. The molecule has 16 heavy (non-hydrogen) atoms. The highest BCUT2D eigenvalue weighted by Gasteiger charge is 2.20. The van der Waals surface area contributed by atoms with Crippen LogP contribution in [0.3, 0.4) is 0 Å². The predicted molar refractivity (Wildman–Crippen MR) is 63.7 cm³/mol. The molecule has 5 heteroatoms. The third kappa shape index (κ3) is 2.12. The third-order valence-electron chi connectivity index (χ3n) is 3.04. The normalized spacial score (nSPS) is 26.1. The van der Waals surface area contributed by atoms with Crippen LogP contribution in [0.1, 0.15) is 24.6 Å². The summed E-state index contributed by atoms with van der Waals surface area (Å²) in [6, 6.07) is 0. The maximum Gasteiger partial charge on any atom is 0.168 e. The summed E-state index contributed by atoms with van der Waals surface area (Å²) in [5.74, 6) is 1.20. The summed E-state index contributed by atoms with van der Waals surface area (Å²) in [6.45, 7) is 3.89. The molecule has 2 aliphatic heterocycles. The van der Waals surface area contributed by atoms with Crippen molar-refractivity contribution in [1.82, 2.24) is 14.9 Å². The van der Waals surface area contributed by atoms with Gasteiger partial charge in [0.15, 0.2) is 5.16 Å². The second kappa shape index (κ2) is 4.77. The minimum atomic E-state index is 0.189. The molecule has 1 aromatic rings. The summed E-state index contributed by atoms with van der Waals surface area (Å²) in [5, 5.41) is 4.51. The Hall–Kier alpha value is -0.520. The molecule has 0 saturated carbocycles. The smallest absolute Gasteiger partial charge is 0.168 e. The molecule has 0 amide bonds. The summed E-state index contributed by atoms with van der Waals surface area (Å²) in [6.07, 6.45) is 4.65. The van der Waals surface area contributed by atoms with E-state index in [1.165, 1.54) is 17.3 Å². The van der Waals surface area contributed by atoms with Crippen molar-refractivity contribution in [3.05, 3.63) is 11.9 Å². The molecular formula is C11H17N3OS. The standard InChI is InChI=1S/C11H17N3OS/c1-5-14-8-9(13-11(14)16-7-1)10-2-3-12-4-6-15-10/h8,10,12H,1-7H2. The van der Waals surface area contributed by atoms with Crippen molar-refractivity contribution in [2.24, 2.45) is 0 Å². The Bertz CT molecular complexity index is 335. The molecular weight excluding hydrogens is 222 g/mol. The lowest BCUT2D eigenvalue weighted by molar-refractivity contribution is 0.0614. The van der Waals surface area contributed by atoms with E-state index in [9.17, 15) is 0 Å². The summed E-state index contributed by atoms with van der Waals surface area (Å²) >= 11 is 1.86. The SMILES string of the molecule is c1c(C2CCNCCO2)nc2n1CCCS2. The van der Waals surface area contributed by atoms with E-state index in [1.807, 2.05) is 11.8 Å². The number of rotatable bonds is 1. The first-order chi connectivity index (χ1) is 7.93. The van der Waals surface area contributed by atoms with Gasteiger partial charge in [-0.1, -0.05) is 11.8 Å². The Balaban J connectivity index is 1.79. The fourth-order valence-corrected chi connectivity index (χ4v) is 3.13. The highest BCUT2D eigenvalue weighted by molar-refractivity contribution is 7.99. The summed E-state index contributed by atoms with van der Waals surface area (Å²) in [5.41, 5.74) is 1.12. The molecule has 0 aromatic carbocycles. The molecule has 1 fully saturated rings. The van der Waals surface area contributed by atoms with Crippen LogP contribution in [0.5, 0.6) is 0 Å². The number of thioether (sulfide) groups is 1. The molecule has 88 valence electrons. The number of hydrogen-bond acceptors (Lipinski definition) is 4. The van der Waals surface area contributed by atoms with Crippen molar-refractivity contribution < 1.29 is 4.74 Å². The van der Waals surface area contributed by atoms with Gasteiger partial charge in [-0.05, 0) is 19.4 Å². The van der Waals surface area contributed by atoms with Gasteiger partial charge >= 0.3 is 0 Å². The van der Waals surface area contributed by atoms with E-state index in [0.717, 1.165) is 38.4 Å². The molecule has 1 atom stereocenters. The Morgan fingerprint density at radius 3 is 3.44 bits per heavy atom. The number of aromatic nitrogens is 2. The lowest BCUT2D eigenvalue weighted by Crippen LogP contribution is -2.16. The molecule has 3 heterocycles. The number of aryl methyl sites for hydroxylation is 1. The van der Waals surface area contributed by atoms with Crippen LogP contribution in [0.25, 0.3) is 0 Å². The number of nitrogens with one attached hydrogen (secondary N) is 1. The van der Waals surface area contributed by atoms with Gasteiger partial charge in [-0.15, -0.1) is 0 Å². The predicted octanol–water partition coefficient (Wildman–Crippen LogP) is 1.43. The first-order valence-electron chi connectivity index (χ1n) is 5.96. The summed E-state index contributed by atoms with van der Waals surface area (Å²) < 4.78 is 8.09. The Morgan fingerprint density at radius 2 is 2.50 bits per heavy atom. The zero-order valence-corrected chi connectivity index (χ0v) is 10.1. The first kappa shape index (κ1) is 10.6. The van der Waals surface area contributed by atoms with Crippen molar-refractivity contribution in [1.29, 1.82) is 0 Å². The number of fused-ring (bicyclic) bond motifs is 1. The van der Waals surface area contributed by atoms with Gasteiger partial charge in [-0.2, -0.15) is 0 Å². The van der Waals surface area contributed by atoms with Gasteiger partial charge in [-0.25, -0.2) is 4.98 Å². The summed E-state index contributed by atoms with van der Waals surface area (Å²) in [4.78, 5) is 4.69. The van der Waals surface area contributed by atoms with Crippen molar-refractivity contribution in [2.45, 2.75) is 30.6 Å². The van der Waals surface area contributed by atoms with Crippen LogP contribution in [0.4, 0.5) is 0 Å². The molecule has 0 aliphatic carbocycles. The van der Waals surface area contributed by atoms with E-state index in [1.54, 1.807) is 0 Å². The zero-order valence-electron chi connectivity index (χ0n) is 9.32. The second-order valence-corrected chi connectivity index (χ2v) is 5.30. The molecule has 1 unspecified atom stereocenters. The van der Waals surface area contributed by atoms with Gasteiger partial charge < -0.3 is 14.6 Å². The topological polar surface area (TPSA) is 39.1 Å². The molecule has 4 nitrogen and oxygen atoms in total. The van der Waals surface area contributed by atoms with Crippen LogP contribution in [0.15, 0.2) is 11.4 Å². The van der Waals surface area contributed by atoms with E-state index in [2.05, 4.69) is 21.1 Å². The van der Waals surface area contributed by atoms with Gasteiger partial charge in [0.2, 0.25) is 0 Å². The van der Waals surface area contributed by atoms with E-state index in [-0.39, 0.29) is 6.10 Å². The van der Waals surface area contributed by atoms with Gasteiger partial charge in [0.25, 0.3) is 0 Å². The maximum atomic E-state index is 5.82. The Labute approximate surface area is 99.8 Å². The molecule has 0 spiro atoms. The van der Waals surface area contributed by atoms with Crippen molar-refractivity contribution in [3.63, 3.8) is 0 Å². The Morgan fingerprint density at radius 1 is 1.50 bits per heavy atom. The highest BCUT2D eigenvalue weighted by atomic mass is 32.2. The maximum absolute atomic E-state index is 5.82. The van der Waals surface area contributed by atoms with Crippen LogP contribution < -0.4 is 5.32 Å². The number of imidazole rings is 1.